The largest absolute Gasteiger partial charge is 0.398 e. The van der Waals surface area contributed by atoms with E-state index in [1.807, 2.05) is 24.3 Å². The van der Waals surface area contributed by atoms with E-state index in [2.05, 4.69) is 16.8 Å². The summed E-state index contributed by atoms with van der Waals surface area (Å²) in [5, 5.41) is 9.94. The number of nitrogen functional groups attached to an aromatic ring is 1. The van der Waals surface area contributed by atoms with Gasteiger partial charge < -0.3 is 10.8 Å². The first kappa shape index (κ1) is 13.8. The van der Waals surface area contributed by atoms with Gasteiger partial charge in [0, 0.05) is 37.0 Å². The molecule has 1 aromatic heterocycles. The van der Waals surface area contributed by atoms with Crippen molar-refractivity contribution in [3.8, 4) is 0 Å². The van der Waals surface area contributed by atoms with E-state index in [9.17, 15) is 0 Å². The molecule has 0 saturated carbocycles. The third-order valence-corrected chi connectivity index (χ3v) is 3.36. The van der Waals surface area contributed by atoms with Crippen molar-refractivity contribution in [1.29, 1.82) is 0 Å². The zero-order valence-electron chi connectivity index (χ0n) is 11.3. The van der Waals surface area contributed by atoms with Crippen molar-refractivity contribution >= 4 is 16.6 Å². The Hall–Kier alpha value is -1.65. The molecular weight excluding hydrogens is 238 g/mol. The molecule has 0 amide bonds. The number of hydrogen-bond donors (Lipinski definition) is 2. The summed E-state index contributed by atoms with van der Waals surface area (Å²) in [5.41, 5.74) is 8.91. The third kappa shape index (κ3) is 3.22. The quantitative estimate of drug-likeness (QED) is 0.779. The minimum Gasteiger partial charge on any atom is -0.398 e. The van der Waals surface area contributed by atoms with Crippen LogP contribution in [0.25, 0.3) is 10.9 Å². The lowest BCUT2D eigenvalue weighted by Crippen LogP contribution is -2.24. The second-order valence-corrected chi connectivity index (χ2v) is 4.66. The van der Waals surface area contributed by atoms with E-state index in [1.165, 1.54) is 5.56 Å². The standard InChI is InChI=1S/C15H21N3O/c1-2-18(9-4-10-19)11-12-6-7-14(16)13-5-3-8-17-15(12)13/h3,5-8,19H,2,4,9-11,16H2,1H3. The number of nitrogens with two attached hydrogens (primary N) is 1. The molecule has 0 aliphatic rings. The van der Waals surface area contributed by atoms with Crippen LogP contribution in [0.5, 0.6) is 0 Å². The molecule has 1 heterocycles. The van der Waals surface area contributed by atoms with Crippen LogP contribution in [0.1, 0.15) is 18.9 Å². The number of nitrogens with zero attached hydrogens (tertiary/aromatic N) is 2. The van der Waals surface area contributed by atoms with E-state index < -0.39 is 0 Å². The zero-order chi connectivity index (χ0) is 13.7. The topological polar surface area (TPSA) is 62.4 Å². The first-order chi connectivity index (χ1) is 9.26. The van der Waals surface area contributed by atoms with Crippen molar-refractivity contribution in [3.63, 3.8) is 0 Å². The number of aliphatic hydroxyl groups excluding tert-OH is 1. The Kier molecular flexibility index (Phi) is 4.71. The van der Waals surface area contributed by atoms with Gasteiger partial charge in [0.2, 0.25) is 0 Å². The molecule has 0 aliphatic heterocycles. The van der Waals surface area contributed by atoms with E-state index in [4.69, 9.17) is 10.8 Å². The summed E-state index contributed by atoms with van der Waals surface area (Å²) in [6.45, 7) is 5.05. The van der Waals surface area contributed by atoms with Crippen LogP contribution in [0, 0.1) is 0 Å². The average molecular weight is 259 g/mol. The van der Waals surface area contributed by atoms with Gasteiger partial charge in [0.05, 0.1) is 5.52 Å². The molecular formula is C15H21N3O. The Balaban J connectivity index is 2.27. The van der Waals surface area contributed by atoms with Crippen molar-refractivity contribution in [1.82, 2.24) is 9.88 Å². The van der Waals surface area contributed by atoms with E-state index in [-0.39, 0.29) is 6.61 Å². The Morgan fingerprint density at radius 1 is 1.32 bits per heavy atom. The molecule has 0 saturated heterocycles. The predicted octanol–water partition coefficient (Wildman–Crippen LogP) is 2.02. The summed E-state index contributed by atoms with van der Waals surface area (Å²) in [4.78, 5) is 6.76. The highest BCUT2D eigenvalue weighted by molar-refractivity contribution is 5.92. The van der Waals surface area contributed by atoms with Gasteiger partial charge in [-0.05, 0) is 36.7 Å². The molecule has 0 bridgehead atoms. The van der Waals surface area contributed by atoms with Crippen LogP contribution in [0.2, 0.25) is 0 Å². The van der Waals surface area contributed by atoms with Crippen molar-refractivity contribution in [2.24, 2.45) is 0 Å². The first-order valence-electron chi connectivity index (χ1n) is 6.71. The summed E-state index contributed by atoms with van der Waals surface area (Å²) in [5.74, 6) is 0. The Morgan fingerprint density at radius 2 is 2.16 bits per heavy atom. The molecule has 0 unspecified atom stereocenters. The first-order valence-corrected chi connectivity index (χ1v) is 6.71. The molecule has 3 N–H and O–H groups in total. The average Bonchev–Trinajstić information content (AvgIpc) is 2.46. The lowest BCUT2D eigenvalue weighted by atomic mass is 10.1. The molecule has 0 atom stereocenters. The minimum absolute atomic E-state index is 0.233. The van der Waals surface area contributed by atoms with E-state index in [0.29, 0.717) is 0 Å². The SMILES string of the molecule is CCN(CCCO)Cc1ccc(N)c2cccnc12. The Morgan fingerprint density at radius 3 is 2.89 bits per heavy atom. The molecule has 102 valence electrons. The molecule has 0 fully saturated rings. The number of fused-ring (bicyclic) bond motifs is 1. The molecule has 0 spiro atoms. The van der Waals surface area contributed by atoms with Crippen LogP contribution in [-0.2, 0) is 6.54 Å². The van der Waals surface area contributed by atoms with Crippen molar-refractivity contribution in [3.05, 3.63) is 36.0 Å². The van der Waals surface area contributed by atoms with Gasteiger partial charge in [0.1, 0.15) is 0 Å². The highest BCUT2D eigenvalue weighted by Gasteiger charge is 2.09. The highest BCUT2D eigenvalue weighted by Crippen LogP contribution is 2.23. The lowest BCUT2D eigenvalue weighted by molar-refractivity contribution is 0.226. The molecule has 0 aliphatic carbocycles. The number of aromatic nitrogens is 1. The van der Waals surface area contributed by atoms with Crippen LogP contribution < -0.4 is 5.73 Å². The normalized spacial score (nSPS) is 11.3. The molecule has 19 heavy (non-hydrogen) atoms. The molecule has 0 radical (unpaired) electrons. The van der Waals surface area contributed by atoms with Crippen molar-refractivity contribution < 1.29 is 5.11 Å². The lowest BCUT2D eigenvalue weighted by Gasteiger charge is -2.20. The maximum Gasteiger partial charge on any atom is 0.0767 e. The molecule has 4 heteroatoms. The van der Waals surface area contributed by atoms with Crippen LogP contribution in [0.3, 0.4) is 0 Å². The van der Waals surface area contributed by atoms with Crippen LogP contribution >= 0.6 is 0 Å². The fourth-order valence-electron chi connectivity index (χ4n) is 2.27. The number of benzene rings is 1. The molecule has 4 nitrogen and oxygen atoms in total. The summed E-state index contributed by atoms with van der Waals surface area (Å²) < 4.78 is 0. The van der Waals surface area contributed by atoms with Crippen LogP contribution in [0.15, 0.2) is 30.5 Å². The molecule has 1 aromatic carbocycles. The maximum absolute atomic E-state index is 8.93. The van der Waals surface area contributed by atoms with E-state index in [0.717, 1.165) is 42.6 Å². The molecule has 2 aromatic rings. The summed E-state index contributed by atoms with van der Waals surface area (Å²) in [6.07, 6.45) is 2.60. The number of anilines is 1. The summed E-state index contributed by atoms with van der Waals surface area (Å²) in [6, 6.07) is 7.91. The Bertz CT molecular complexity index is 542. The fraction of sp³-hybridized carbons (Fsp3) is 0.400. The van der Waals surface area contributed by atoms with Gasteiger partial charge in [0.25, 0.3) is 0 Å². The number of aliphatic hydroxyl groups is 1. The summed E-state index contributed by atoms with van der Waals surface area (Å²) >= 11 is 0. The highest BCUT2D eigenvalue weighted by atomic mass is 16.3. The van der Waals surface area contributed by atoms with Gasteiger partial charge in [-0.15, -0.1) is 0 Å². The van der Waals surface area contributed by atoms with Gasteiger partial charge in [0.15, 0.2) is 0 Å². The number of pyridine rings is 1. The van der Waals surface area contributed by atoms with Gasteiger partial charge >= 0.3 is 0 Å². The van der Waals surface area contributed by atoms with E-state index in [1.54, 1.807) is 6.20 Å². The zero-order valence-corrected chi connectivity index (χ0v) is 11.3. The van der Waals surface area contributed by atoms with Crippen molar-refractivity contribution in [2.45, 2.75) is 19.9 Å². The Labute approximate surface area is 113 Å². The van der Waals surface area contributed by atoms with Gasteiger partial charge in [-0.25, -0.2) is 0 Å². The second kappa shape index (κ2) is 6.50. The monoisotopic (exact) mass is 259 g/mol. The summed E-state index contributed by atoms with van der Waals surface area (Å²) in [7, 11) is 0. The van der Waals surface area contributed by atoms with E-state index >= 15 is 0 Å². The number of rotatable bonds is 6. The van der Waals surface area contributed by atoms with Crippen LogP contribution in [-0.4, -0.2) is 34.7 Å². The third-order valence-electron chi connectivity index (χ3n) is 3.36. The second-order valence-electron chi connectivity index (χ2n) is 4.66. The minimum atomic E-state index is 0.233. The molecule has 2 rings (SSSR count). The van der Waals surface area contributed by atoms with Crippen LogP contribution in [0.4, 0.5) is 5.69 Å². The van der Waals surface area contributed by atoms with Gasteiger partial charge in [-0.3, -0.25) is 9.88 Å². The maximum atomic E-state index is 8.93. The van der Waals surface area contributed by atoms with Crippen molar-refractivity contribution in [2.75, 3.05) is 25.4 Å². The fourth-order valence-corrected chi connectivity index (χ4v) is 2.27. The number of hydrogen-bond acceptors (Lipinski definition) is 4. The predicted molar refractivity (Wildman–Crippen MR) is 78.8 cm³/mol. The smallest absolute Gasteiger partial charge is 0.0767 e. The van der Waals surface area contributed by atoms with Gasteiger partial charge in [-0.1, -0.05) is 13.0 Å². The van der Waals surface area contributed by atoms with Gasteiger partial charge in [-0.2, -0.15) is 0 Å².